The molecule has 3 heterocycles. The molecule has 0 spiro atoms. The van der Waals surface area contributed by atoms with Crippen LogP contribution in [0, 0.1) is 0 Å². The molecule has 1 amide bonds. The summed E-state index contributed by atoms with van der Waals surface area (Å²) in [7, 11) is 0. The highest BCUT2D eigenvalue weighted by Crippen LogP contribution is 2.27. The van der Waals surface area contributed by atoms with Gasteiger partial charge in [0, 0.05) is 29.5 Å². The number of pyridine rings is 1. The van der Waals surface area contributed by atoms with Gasteiger partial charge in [-0.1, -0.05) is 0 Å². The molecule has 0 aliphatic rings. The first-order valence-corrected chi connectivity index (χ1v) is 6.27. The van der Waals surface area contributed by atoms with Gasteiger partial charge in [-0.3, -0.25) is 9.48 Å². The van der Waals surface area contributed by atoms with Gasteiger partial charge in [-0.05, 0) is 31.5 Å². The molecule has 0 aliphatic heterocycles. The lowest BCUT2D eigenvalue weighted by Crippen LogP contribution is -2.41. The fourth-order valence-corrected chi connectivity index (χ4v) is 2.09. The number of rotatable bonds is 3. The van der Waals surface area contributed by atoms with Crippen molar-refractivity contribution < 1.29 is 4.79 Å². The van der Waals surface area contributed by atoms with Crippen LogP contribution >= 0.6 is 0 Å². The summed E-state index contributed by atoms with van der Waals surface area (Å²) in [6.45, 7) is 3.48. The van der Waals surface area contributed by atoms with Gasteiger partial charge >= 0.3 is 0 Å². The Bertz CT molecular complexity index is 784. The van der Waals surface area contributed by atoms with Gasteiger partial charge in [0.05, 0.1) is 6.20 Å². The predicted molar refractivity (Wildman–Crippen MR) is 75.8 cm³/mol. The van der Waals surface area contributed by atoms with Crippen LogP contribution < -0.4 is 5.73 Å². The maximum absolute atomic E-state index is 11.5. The van der Waals surface area contributed by atoms with E-state index in [1.165, 1.54) is 0 Å². The minimum absolute atomic E-state index is 0.423. The molecule has 20 heavy (non-hydrogen) atoms. The van der Waals surface area contributed by atoms with E-state index >= 15 is 0 Å². The average molecular weight is 269 g/mol. The zero-order valence-electron chi connectivity index (χ0n) is 11.3. The quantitative estimate of drug-likeness (QED) is 0.757. The number of primary amides is 1. The summed E-state index contributed by atoms with van der Waals surface area (Å²) in [6, 6.07) is 3.89. The van der Waals surface area contributed by atoms with Crippen molar-refractivity contribution >= 4 is 16.9 Å². The summed E-state index contributed by atoms with van der Waals surface area (Å²) in [6.07, 6.45) is 7.14. The van der Waals surface area contributed by atoms with Gasteiger partial charge in [-0.25, -0.2) is 4.98 Å². The highest BCUT2D eigenvalue weighted by molar-refractivity contribution is 5.92. The molecule has 3 rings (SSSR count). The Balaban J connectivity index is 2.11. The van der Waals surface area contributed by atoms with Crippen molar-refractivity contribution in [2.24, 2.45) is 5.73 Å². The van der Waals surface area contributed by atoms with Crippen LogP contribution in [-0.2, 0) is 10.3 Å². The highest BCUT2D eigenvalue weighted by Gasteiger charge is 2.28. The van der Waals surface area contributed by atoms with E-state index < -0.39 is 11.4 Å². The first-order chi connectivity index (χ1) is 9.50. The van der Waals surface area contributed by atoms with Gasteiger partial charge < -0.3 is 10.7 Å². The average Bonchev–Trinajstić information content (AvgIpc) is 3.07. The Hall–Kier alpha value is -2.63. The number of aromatic nitrogens is 4. The molecule has 0 unspecified atom stereocenters. The first-order valence-electron chi connectivity index (χ1n) is 6.27. The van der Waals surface area contributed by atoms with E-state index in [9.17, 15) is 4.79 Å². The number of carbonyl (C=O) groups is 1. The second-order valence-corrected chi connectivity index (χ2v) is 5.20. The van der Waals surface area contributed by atoms with Crippen molar-refractivity contribution in [2.45, 2.75) is 19.4 Å². The summed E-state index contributed by atoms with van der Waals surface area (Å²) in [5, 5.41) is 5.28. The lowest BCUT2D eigenvalue weighted by atomic mass is 10.1. The van der Waals surface area contributed by atoms with Crippen molar-refractivity contribution in [1.82, 2.24) is 19.7 Å². The fourth-order valence-electron chi connectivity index (χ4n) is 2.09. The number of aromatic amines is 1. The maximum Gasteiger partial charge on any atom is 0.244 e. The summed E-state index contributed by atoms with van der Waals surface area (Å²) in [5.41, 5.74) is 7.31. The monoisotopic (exact) mass is 269 g/mol. The molecule has 0 saturated heterocycles. The molecular formula is C14H15N5O. The lowest BCUT2D eigenvalue weighted by molar-refractivity contribution is -0.125. The van der Waals surface area contributed by atoms with Crippen LogP contribution in [0.15, 0.2) is 36.9 Å². The van der Waals surface area contributed by atoms with Crippen molar-refractivity contribution in [2.75, 3.05) is 0 Å². The van der Waals surface area contributed by atoms with Crippen molar-refractivity contribution in [3.05, 3.63) is 36.9 Å². The van der Waals surface area contributed by atoms with E-state index in [1.807, 2.05) is 24.5 Å². The molecule has 102 valence electrons. The van der Waals surface area contributed by atoms with E-state index in [0.717, 1.165) is 22.2 Å². The van der Waals surface area contributed by atoms with Gasteiger partial charge in [0.15, 0.2) is 0 Å². The third-order valence-electron chi connectivity index (χ3n) is 3.53. The van der Waals surface area contributed by atoms with E-state index in [1.54, 1.807) is 30.9 Å². The van der Waals surface area contributed by atoms with Gasteiger partial charge in [-0.15, -0.1) is 0 Å². The number of nitrogens with zero attached hydrogens (tertiary/aromatic N) is 3. The predicted octanol–water partition coefficient (Wildman–Crippen LogP) is 1.65. The Morgan fingerprint density at radius 1 is 1.40 bits per heavy atom. The summed E-state index contributed by atoms with van der Waals surface area (Å²) in [5.74, 6) is -0.423. The van der Waals surface area contributed by atoms with Crippen molar-refractivity contribution in [3.63, 3.8) is 0 Å². The minimum atomic E-state index is -0.859. The highest BCUT2D eigenvalue weighted by atomic mass is 16.1. The normalized spacial score (nSPS) is 11.9. The van der Waals surface area contributed by atoms with E-state index in [4.69, 9.17) is 5.73 Å². The second kappa shape index (κ2) is 4.19. The van der Waals surface area contributed by atoms with E-state index in [-0.39, 0.29) is 0 Å². The largest absolute Gasteiger partial charge is 0.368 e. The van der Waals surface area contributed by atoms with E-state index in [0.29, 0.717) is 0 Å². The van der Waals surface area contributed by atoms with Crippen LogP contribution in [0.4, 0.5) is 0 Å². The smallest absolute Gasteiger partial charge is 0.244 e. The van der Waals surface area contributed by atoms with Crippen LogP contribution in [0.2, 0.25) is 0 Å². The second-order valence-electron chi connectivity index (χ2n) is 5.20. The molecule has 0 fully saturated rings. The Labute approximate surface area is 115 Å². The molecule has 3 N–H and O–H groups in total. The van der Waals surface area contributed by atoms with Crippen molar-refractivity contribution in [3.8, 4) is 11.1 Å². The molecule has 0 aromatic carbocycles. The Morgan fingerprint density at radius 3 is 2.95 bits per heavy atom. The number of nitrogens with one attached hydrogen (secondary N) is 1. The third-order valence-corrected chi connectivity index (χ3v) is 3.53. The summed E-state index contributed by atoms with van der Waals surface area (Å²) in [4.78, 5) is 18.8. The van der Waals surface area contributed by atoms with E-state index in [2.05, 4.69) is 15.1 Å². The van der Waals surface area contributed by atoms with Gasteiger partial charge in [0.25, 0.3) is 0 Å². The maximum atomic E-state index is 11.5. The first kappa shape index (κ1) is 12.4. The molecule has 3 aromatic heterocycles. The molecule has 0 radical (unpaired) electrons. The zero-order valence-corrected chi connectivity index (χ0v) is 11.3. The minimum Gasteiger partial charge on any atom is -0.368 e. The van der Waals surface area contributed by atoms with Crippen LogP contribution in [0.5, 0.6) is 0 Å². The molecule has 0 saturated carbocycles. The molecular weight excluding hydrogens is 254 g/mol. The van der Waals surface area contributed by atoms with Crippen LogP contribution in [0.25, 0.3) is 22.2 Å². The van der Waals surface area contributed by atoms with Gasteiger partial charge in [-0.2, -0.15) is 5.10 Å². The zero-order chi connectivity index (χ0) is 14.3. The number of nitrogens with two attached hydrogens (primary N) is 1. The Morgan fingerprint density at radius 2 is 2.20 bits per heavy atom. The van der Waals surface area contributed by atoms with Crippen molar-refractivity contribution in [1.29, 1.82) is 0 Å². The third kappa shape index (κ3) is 1.77. The fraction of sp³-hybridized carbons (Fsp3) is 0.214. The molecule has 0 bridgehead atoms. The molecule has 0 aliphatic carbocycles. The molecule has 3 aromatic rings. The number of carbonyl (C=O) groups excluding carboxylic acids is 1. The number of H-pyrrole nitrogens is 1. The molecule has 6 heteroatoms. The molecule has 0 atom stereocenters. The number of amides is 1. The number of fused-ring (bicyclic) bond motifs is 1. The van der Waals surface area contributed by atoms with Gasteiger partial charge in [0.1, 0.15) is 11.2 Å². The van der Waals surface area contributed by atoms with Gasteiger partial charge in [0.2, 0.25) is 5.91 Å². The van der Waals surface area contributed by atoms with Crippen LogP contribution in [0.3, 0.4) is 0 Å². The standard InChI is InChI=1S/C14H15N5O/c1-14(2,13(15)20)19-8-9(7-18-19)10-3-5-16-12-11(10)4-6-17-12/h3-8H,1-2H3,(H2,15,20)(H,16,17). The summed E-state index contributed by atoms with van der Waals surface area (Å²) >= 11 is 0. The summed E-state index contributed by atoms with van der Waals surface area (Å²) < 4.78 is 1.59. The Kier molecular flexibility index (Phi) is 2.60. The molecule has 6 nitrogen and oxygen atoms in total. The van der Waals surface area contributed by atoms with Crippen LogP contribution in [0.1, 0.15) is 13.8 Å². The lowest BCUT2D eigenvalue weighted by Gasteiger charge is -2.20. The topological polar surface area (TPSA) is 89.6 Å². The SMILES string of the molecule is CC(C)(C(N)=O)n1cc(-c2ccnc3[nH]ccc23)cn1. The number of hydrogen-bond acceptors (Lipinski definition) is 3. The van der Waals surface area contributed by atoms with Crippen LogP contribution in [-0.4, -0.2) is 25.7 Å². The number of hydrogen-bond donors (Lipinski definition) is 2.